The molecular formula is C49H36N2. The zero-order valence-electron chi connectivity index (χ0n) is 28.5. The highest BCUT2D eigenvalue weighted by Crippen LogP contribution is 2.42. The van der Waals surface area contributed by atoms with E-state index in [-0.39, 0.29) is 0 Å². The lowest BCUT2D eigenvalue weighted by atomic mass is 9.98. The zero-order valence-corrected chi connectivity index (χ0v) is 28.5. The summed E-state index contributed by atoms with van der Waals surface area (Å²) in [6.45, 7) is 6.21. The molecule has 2 heteroatoms. The van der Waals surface area contributed by atoms with Crippen molar-refractivity contribution in [2.24, 2.45) is 0 Å². The highest BCUT2D eigenvalue weighted by molar-refractivity contribution is 6.22. The first-order chi connectivity index (χ1) is 25.2. The molecule has 2 heterocycles. The first-order valence-corrected chi connectivity index (χ1v) is 17.5. The van der Waals surface area contributed by atoms with Crippen LogP contribution in [0, 0.1) is 6.92 Å². The number of allylic oxidation sites excluding steroid dienone is 2. The molecule has 9 aromatic rings. The Morgan fingerprint density at radius 2 is 1.00 bits per heavy atom. The van der Waals surface area contributed by atoms with Crippen LogP contribution in [-0.2, 0) is 0 Å². The summed E-state index contributed by atoms with van der Waals surface area (Å²) in [6.07, 6.45) is 6.09. The average Bonchev–Trinajstić information content (AvgIpc) is 3.69. The fraction of sp³-hybridized carbons (Fsp3) is 0.0204. The molecule has 0 aliphatic carbocycles. The van der Waals surface area contributed by atoms with Crippen molar-refractivity contribution < 1.29 is 0 Å². The highest BCUT2D eigenvalue weighted by Gasteiger charge is 2.22. The van der Waals surface area contributed by atoms with Gasteiger partial charge in [0, 0.05) is 38.8 Å². The standard InChI is InChI=1S/C49H36N2/c1-3-4-22-43-34(2)50(41-27-25-38(26-28-41)35-16-8-5-9-17-35)49-44(43)29-30-47-48(49)45-23-14-15-24-46(45)51(47)42-32-39(36-18-10-6-11-19-36)31-40(33-42)37-20-12-7-13-21-37/h3-33H,1H2,2H3/b22-4-. The third-order valence-electron chi connectivity index (χ3n) is 10.1. The van der Waals surface area contributed by atoms with Gasteiger partial charge in [0.2, 0.25) is 0 Å². The van der Waals surface area contributed by atoms with Gasteiger partial charge in [0.05, 0.1) is 16.6 Å². The summed E-state index contributed by atoms with van der Waals surface area (Å²) in [4.78, 5) is 0. The van der Waals surface area contributed by atoms with Gasteiger partial charge in [-0.3, -0.25) is 0 Å². The van der Waals surface area contributed by atoms with Gasteiger partial charge in [-0.15, -0.1) is 0 Å². The minimum absolute atomic E-state index is 1.13. The predicted octanol–water partition coefficient (Wildman–Crippen LogP) is 13.2. The summed E-state index contributed by atoms with van der Waals surface area (Å²) in [5, 5.41) is 3.68. The zero-order chi connectivity index (χ0) is 34.3. The molecule has 0 unspecified atom stereocenters. The van der Waals surface area contributed by atoms with Crippen molar-refractivity contribution in [2.45, 2.75) is 6.92 Å². The van der Waals surface area contributed by atoms with Crippen LogP contribution in [0.15, 0.2) is 189 Å². The molecule has 51 heavy (non-hydrogen) atoms. The van der Waals surface area contributed by atoms with Crippen LogP contribution in [0.4, 0.5) is 0 Å². The van der Waals surface area contributed by atoms with Crippen molar-refractivity contribution >= 4 is 38.8 Å². The van der Waals surface area contributed by atoms with Crippen LogP contribution in [0.2, 0.25) is 0 Å². The molecule has 0 spiro atoms. The number of para-hydroxylation sites is 1. The van der Waals surface area contributed by atoms with Crippen LogP contribution in [0.5, 0.6) is 0 Å². The van der Waals surface area contributed by atoms with Crippen molar-refractivity contribution in [1.82, 2.24) is 9.13 Å². The van der Waals surface area contributed by atoms with Gasteiger partial charge >= 0.3 is 0 Å². The largest absolute Gasteiger partial charge is 0.313 e. The second-order valence-electron chi connectivity index (χ2n) is 13.1. The quantitative estimate of drug-likeness (QED) is 0.152. The minimum atomic E-state index is 1.13. The molecule has 0 saturated carbocycles. The SMILES string of the molecule is C=C/C=C\c1c(C)n(-c2ccc(-c3ccccc3)cc2)c2c1ccc1c2c2ccccc2n1-c1cc(-c2ccccc2)cc(-c2ccccc2)c1. The Morgan fingerprint density at radius 1 is 0.451 bits per heavy atom. The fourth-order valence-electron chi connectivity index (χ4n) is 7.72. The molecular weight excluding hydrogens is 617 g/mol. The third kappa shape index (κ3) is 5.21. The van der Waals surface area contributed by atoms with Crippen LogP contribution in [0.1, 0.15) is 11.3 Å². The highest BCUT2D eigenvalue weighted by atomic mass is 15.0. The first kappa shape index (κ1) is 30.4. The summed E-state index contributed by atoms with van der Waals surface area (Å²) >= 11 is 0. The molecule has 242 valence electrons. The van der Waals surface area contributed by atoms with Gasteiger partial charge < -0.3 is 9.13 Å². The van der Waals surface area contributed by atoms with Crippen LogP contribution >= 0.6 is 0 Å². The topological polar surface area (TPSA) is 9.86 Å². The molecule has 2 aromatic heterocycles. The normalized spacial score (nSPS) is 11.6. The average molecular weight is 653 g/mol. The Morgan fingerprint density at radius 3 is 1.61 bits per heavy atom. The lowest BCUT2D eigenvalue weighted by Gasteiger charge is -2.14. The predicted molar refractivity (Wildman–Crippen MR) is 218 cm³/mol. The van der Waals surface area contributed by atoms with E-state index in [0.717, 1.165) is 11.4 Å². The van der Waals surface area contributed by atoms with E-state index in [2.05, 4.69) is 199 Å². The van der Waals surface area contributed by atoms with Crippen molar-refractivity contribution in [3.63, 3.8) is 0 Å². The van der Waals surface area contributed by atoms with Crippen LogP contribution < -0.4 is 0 Å². The Labute approximate surface area is 298 Å². The molecule has 0 aliphatic heterocycles. The van der Waals surface area contributed by atoms with Crippen molar-refractivity contribution in [3.05, 3.63) is 200 Å². The Balaban J connectivity index is 1.35. The Hall–Kier alpha value is -6.64. The molecule has 0 aliphatic rings. The maximum absolute atomic E-state index is 3.98. The summed E-state index contributed by atoms with van der Waals surface area (Å²) in [6, 6.07) is 61.4. The molecule has 9 rings (SSSR count). The van der Waals surface area contributed by atoms with Crippen LogP contribution in [-0.4, -0.2) is 9.13 Å². The molecule has 0 atom stereocenters. The third-order valence-corrected chi connectivity index (χ3v) is 10.1. The number of hydrogen-bond acceptors (Lipinski definition) is 0. The molecule has 0 bridgehead atoms. The second kappa shape index (κ2) is 12.7. The smallest absolute Gasteiger partial charge is 0.0637 e. The number of rotatable bonds is 7. The molecule has 0 N–H and O–H groups in total. The molecule has 0 radical (unpaired) electrons. The summed E-state index contributed by atoms with van der Waals surface area (Å²) in [5.74, 6) is 0. The summed E-state index contributed by atoms with van der Waals surface area (Å²) in [7, 11) is 0. The van der Waals surface area contributed by atoms with E-state index in [1.165, 1.54) is 77.3 Å². The van der Waals surface area contributed by atoms with E-state index in [9.17, 15) is 0 Å². The van der Waals surface area contributed by atoms with Crippen LogP contribution in [0.25, 0.3) is 83.5 Å². The number of hydrogen-bond donors (Lipinski definition) is 0. The molecule has 2 nitrogen and oxygen atoms in total. The van der Waals surface area contributed by atoms with Crippen molar-refractivity contribution in [3.8, 4) is 44.8 Å². The maximum Gasteiger partial charge on any atom is 0.0637 e. The lowest BCUT2D eigenvalue weighted by molar-refractivity contribution is 1.05. The number of benzene rings is 7. The molecule has 7 aromatic carbocycles. The Bertz CT molecular complexity index is 2670. The van der Waals surface area contributed by atoms with Gasteiger partial charge in [-0.2, -0.15) is 0 Å². The van der Waals surface area contributed by atoms with Crippen molar-refractivity contribution in [1.29, 1.82) is 0 Å². The summed E-state index contributed by atoms with van der Waals surface area (Å²) in [5.41, 5.74) is 15.4. The van der Waals surface area contributed by atoms with E-state index in [4.69, 9.17) is 0 Å². The molecule has 0 fully saturated rings. The van der Waals surface area contributed by atoms with Gasteiger partial charge in [-0.1, -0.05) is 152 Å². The lowest BCUT2D eigenvalue weighted by Crippen LogP contribution is -1.98. The Kier molecular flexibility index (Phi) is 7.56. The second-order valence-corrected chi connectivity index (χ2v) is 13.1. The fourth-order valence-corrected chi connectivity index (χ4v) is 7.72. The number of fused-ring (bicyclic) bond motifs is 5. The molecule has 0 saturated heterocycles. The first-order valence-electron chi connectivity index (χ1n) is 17.5. The maximum atomic E-state index is 3.98. The van der Waals surface area contributed by atoms with E-state index >= 15 is 0 Å². The summed E-state index contributed by atoms with van der Waals surface area (Å²) < 4.78 is 4.90. The van der Waals surface area contributed by atoms with Crippen LogP contribution in [0.3, 0.4) is 0 Å². The van der Waals surface area contributed by atoms with Gasteiger partial charge in [0.15, 0.2) is 0 Å². The van der Waals surface area contributed by atoms with E-state index in [0.29, 0.717) is 0 Å². The minimum Gasteiger partial charge on any atom is -0.313 e. The van der Waals surface area contributed by atoms with E-state index in [1.54, 1.807) is 0 Å². The van der Waals surface area contributed by atoms with Gasteiger partial charge in [-0.25, -0.2) is 0 Å². The number of aromatic nitrogens is 2. The van der Waals surface area contributed by atoms with Gasteiger partial charge in [0.1, 0.15) is 0 Å². The number of nitrogens with zero attached hydrogens (tertiary/aromatic N) is 2. The van der Waals surface area contributed by atoms with E-state index in [1.807, 2.05) is 12.2 Å². The van der Waals surface area contributed by atoms with E-state index < -0.39 is 0 Å². The molecule has 0 amide bonds. The van der Waals surface area contributed by atoms with Gasteiger partial charge in [-0.05, 0) is 82.8 Å². The monoisotopic (exact) mass is 652 g/mol. The van der Waals surface area contributed by atoms with Gasteiger partial charge in [0.25, 0.3) is 0 Å². The van der Waals surface area contributed by atoms with Crippen molar-refractivity contribution in [2.75, 3.05) is 0 Å².